The first kappa shape index (κ1) is 9.08. The molecule has 0 aromatic rings. The average molecular weight is 140 g/mol. The van der Waals surface area contributed by atoms with Gasteiger partial charge < -0.3 is 11.5 Å². The normalized spacial score (nSPS) is 15.8. The molecule has 0 amide bonds. The van der Waals surface area contributed by atoms with E-state index in [4.69, 9.17) is 11.5 Å². The van der Waals surface area contributed by atoms with Crippen LogP contribution in [0.25, 0.3) is 0 Å². The van der Waals surface area contributed by atoms with Crippen molar-refractivity contribution in [3.63, 3.8) is 0 Å². The van der Waals surface area contributed by atoms with Crippen LogP contribution in [0, 0.1) is 5.92 Å². The Balaban J connectivity index is 3.91. The molecule has 0 heterocycles. The zero-order valence-electron chi connectivity index (χ0n) is 6.72. The van der Waals surface area contributed by atoms with E-state index in [1.54, 1.807) is 0 Å². The minimum absolute atomic E-state index is 0.415. The Kier molecular flexibility index (Phi) is 3.62. The van der Waals surface area contributed by atoms with Gasteiger partial charge in [-0.15, -0.1) is 6.58 Å². The fourth-order valence-corrected chi connectivity index (χ4v) is 0.591. The van der Waals surface area contributed by atoms with Gasteiger partial charge in [0, 0.05) is 11.4 Å². The third-order valence-corrected chi connectivity index (χ3v) is 1.45. The van der Waals surface area contributed by atoms with Gasteiger partial charge in [-0.1, -0.05) is 13.0 Å². The van der Waals surface area contributed by atoms with Crippen molar-refractivity contribution in [3.8, 4) is 0 Å². The molecule has 1 atom stereocenters. The van der Waals surface area contributed by atoms with Crippen molar-refractivity contribution in [3.05, 3.63) is 24.0 Å². The van der Waals surface area contributed by atoms with Crippen molar-refractivity contribution in [2.75, 3.05) is 0 Å². The first-order valence-electron chi connectivity index (χ1n) is 3.41. The van der Waals surface area contributed by atoms with E-state index in [1.807, 2.05) is 13.0 Å². The predicted molar refractivity (Wildman–Crippen MR) is 45.1 cm³/mol. The van der Waals surface area contributed by atoms with Crippen LogP contribution >= 0.6 is 0 Å². The van der Waals surface area contributed by atoms with E-state index in [1.165, 1.54) is 0 Å². The summed E-state index contributed by atoms with van der Waals surface area (Å²) in [5.74, 6) is 0.415. The maximum Gasteiger partial charge on any atom is 0.0274 e. The van der Waals surface area contributed by atoms with Crippen molar-refractivity contribution in [2.45, 2.75) is 20.3 Å². The second kappa shape index (κ2) is 3.99. The Morgan fingerprint density at radius 3 is 2.40 bits per heavy atom. The van der Waals surface area contributed by atoms with Crippen LogP contribution in [-0.2, 0) is 0 Å². The second-order valence-electron chi connectivity index (χ2n) is 2.63. The predicted octanol–water partition coefficient (Wildman–Crippen LogP) is 1.35. The molecular formula is C8H16N2. The number of hydrogen-bond acceptors (Lipinski definition) is 2. The fourth-order valence-electron chi connectivity index (χ4n) is 0.591. The van der Waals surface area contributed by atoms with Crippen LogP contribution in [0.1, 0.15) is 20.3 Å². The summed E-state index contributed by atoms with van der Waals surface area (Å²) >= 11 is 0. The van der Waals surface area contributed by atoms with Gasteiger partial charge in [-0.05, 0) is 19.3 Å². The summed E-state index contributed by atoms with van der Waals surface area (Å²) in [6, 6.07) is 0. The van der Waals surface area contributed by atoms with E-state index in [2.05, 4.69) is 13.5 Å². The lowest BCUT2D eigenvalue weighted by Gasteiger charge is -2.06. The van der Waals surface area contributed by atoms with Gasteiger partial charge in [0.1, 0.15) is 0 Å². The standard InChI is InChI=1S/C8H16N2/c1-4-6(2)5-8(10)7(3)9/h4,6H,1,5,9-10H2,2-3H3/b8-7-. The first-order valence-corrected chi connectivity index (χ1v) is 3.41. The number of hydrogen-bond donors (Lipinski definition) is 2. The van der Waals surface area contributed by atoms with Crippen molar-refractivity contribution >= 4 is 0 Å². The Hall–Kier alpha value is -0.920. The van der Waals surface area contributed by atoms with Gasteiger partial charge in [0.2, 0.25) is 0 Å². The van der Waals surface area contributed by atoms with Crippen molar-refractivity contribution in [1.29, 1.82) is 0 Å². The fraction of sp³-hybridized carbons (Fsp3) is 0.500. The summed E-state index contributed by atoms with van der Waals surface area (Å²) in [4.78, 5) is 0. The van der Waals surface area contributed by atoms with Gasteiger partial charge in [0.25, 0.3) is 0 Å². The van der Waals surface area contributed by atoms with Crippen molar-refractivity contribution < 1.29 is 0 Å². The van der Waals surface area contributed by atoms with E-state index in [0.29, 0.717) is 11.6 Å². The highest BCUT2D eigenvalue weighted by molar-refractivity contribution is 5.06. The number of rotatable bonds is 3. The third kappa shape index (κ3) is 3.17. The van der Waals surface area contributed by atoms with Crippen molar-refractivity contribution in [2.24, 2.45) is 17.4 Å². The van der Waals surface area contributed by atoms with Crippen LogP contribution in [0.5, 0.6) is 0 Å². The molecule has 0 radical (unpaired) electrons. The monoisotopic (exact) mass is 140 g/mol. The average Bonchev–Trinajstić information content (AvgIpc) is 1.87. The van der Waals surface area contributed by atoms with Crippen LogP contribution in [0.15, 0.2) is 24.0 Å². The molecular weight excluding hydrogens is 124 g/mol. The molecule has 58 valence electrons. The van der Waals surface area contributed by atoms with Gasteiger partial charge in [-0.3, -0.25) is 0 Å². The highest BCUT2D eigenvalue weighted by Gasteiger charge is 1.99. The maximum atomic E-state index is 5.60. The SMILES string of the molecule is C=CC(C)C/C(N)=C(\C)N. The third-order valence-electron chi connectivity index (χ3n) is 1.45. The van der Waals surface area contributed by atoms with Gasteiger partial charge in [0.15, 0.2) is 0 Å². The Labute approximate surface area is 62.6 Å². The van der Waals surface area contributed by atoms with E-state index in [9.17, 15) is 0 Å². The lowest BCUT2D eigenvalue weighted by molar-refractivity contribution is 0.705. The highest BCUT2D eigenvalue weighted by Crippen LogP contribution is 2.08. The number of allylic oxidation sites excluding steroid dienone is 3. The molecule has 0 aliphatic carbocycles. The zero-order chi connectivity index (χ0) is 8.15. The minimum Gasteiger partial charge on any atom is -0.401 e. The van der Waals surface area contributed by atoms with E-state index >= 15 is 0 Å². The molecule has 0 rings (SSSR count). The molecule has 2 heteroatoms. The molecule has 1 unspecified atom stereocenters. The molecule has 0 saturated carbocycles. The summed E-state index contributed by atoms with van der Waals surface area (Å²) in [5, 5.41) is 0. The second-order valence-corrected chi connectivity index (χ2v) is 2.63. The quantitative estimate of drug-likeness (QED) is 0.581. The topological polar surface area (TPSA) is 52.0 Å². The Morgan fingerprint density at radius 2 is 2.10 bits per heavy atom. The van der Waals surface area contributed by atoms with Gasteiger partial charge >= 0.3 is 0 Å². The Bertz CT molecular complexity index is 143. The smallest absolute Gasteiger partial charge is 0.0274 e. The summed E-state index contributed by atoms with van der Waals surface area (Å²) in [6.45, 7) is 7.52. The van der Waals surface area contributed by atoms with Gasteiger partial charge in [-0.2, -0.15) is 0 Å². The van der Waals surface area contributed by atoms with Gasteiger partial charge in [0.05, 0.1) is 0 Å². The van der Waals surface area contributed by atoms with Crippen LogP contribution < -0.4 is 11.5 Å². The zero-order valence-corrected chi connectivity index (χ0v) is 6.72. The van der Waals surface area contributed by atoms with Crippen LogP contribution in [0.3, 0.4) is 0 Å². The molecule has 0 aliphatic rings. The summed E-state index contributed by atoms with van der Waals surface area (Å²) < 4.78 is 0. The number of nitrogens with two attached hydrogens (primary N) is 2. The lowest BCUT2D eigenvalue weighted by atomic mass is 10.1. The van der Waals surface area contributed by atoms with E-state index in [0.717, 1.165) is 12.1 Å². The Morgan fingerprint density at radius 1 is 1.60 bits per heavy atom. The largest absolute Gasteiger partial charge is 0.401 e. The summed E-state index contributed by atoms with van der Waals surface area (Å²) in [6.07, 6.45) is 2.68. The molecule has 0 bridgehead atoms. The summed E-state index contributed by atoms with van der Waals surface area (Å²) in [7, 11) is 0. The van der Waals surface area contributed by atoms with Gasteiger partial charge in [-0.25, -0.2) is 0 Å². The molecule has 4 N–H and O–H groups in total. The molecule has 0 aromatic carbocycles. The molecule has 0 aliphatic heterocycles. The highest BCUT2D eigenvalue weighted by atomic mass is 14.7. The van der Waals surface area contributed by atoms with Crippen LogP contribution in [0.4, 0.5) is 0 Å². The first-order chi connectivity index (χ1) is 4.57. The maximum absolute atomic E-state index is 5.60. The lowest BCUT2D eigenvalue weighted by Crippen LogP contribution is -2.09. The molecule has 0 fully saturated rings. The van der Waals surface area contributed by atoms with Crippen molar-refractivity contribution in [1.82, 2.24) is 0 Å². The van der Waals surface area contributed by atoms with E-state index in [-0.39, 0.29) is 0 Å². The molecule has 0 spiro atoms. The molecule has 0 aromatic heterocycles. The summed E-state index contributed by atoms with van der Waals surface area (Å²) in [5.41, 5.74) is 12.5. The van der Waals surface area contributed by atoms with E-state index < -0.39 is 0 Å². The molecule has 10 heavy (non-hydrogen) atoms. The molecule has 2 nitrogen and oxygen atoms in total. The van der Waals surface area contributed by atoms with Crippen LogP contribution in [0.2, 0.25) is 0 Å². The van der Waals surface area contributed by atoms with Crippen LogP contribution in [-0.4, -0.2) is 0 Å². The molecule has 0 saturated heterocycles. The minimum atomic E-state index is 0.415.